The van der Waals surface area contributed by atoms with E-state index in [-0.39, 0.29) is 6.10 Å². The fourth-order valence-corrected chi connectivity index (χ4v) is 2.72. The van der Waals surface area contributed by atoms with Gasteiger partial charge >= 0.3 is 0 Å². The molecule has 0 amide bonds. The maximum atomic E-state index is 10.1. The maximum absolute atomic E-state index is 10.1. The third kappa shape index (κ3) is 1.81. The van der Waals surface area contributed by atoms with Gasteiger partial charge in [-0.1, -0.05) is 26.0 Å². The number of aliphatic hydroxyl groups excluding tert-OH is 1. The Morgan fingerprint density at radius 1 is 1.20 bits per heavy atom. The number of hydrogen-bond donors (Lipinski definition) is 1. The van der Waals surface area contributed by atoms with Crippen molar-refractivity contribution in [3.05, 3.63) is 34.4 Å². The lowest BCUT2D eigenvalue weighted by molar-refractivity contribution is 0.155. The van der Waals surface area contributed by atoms with Crippen molar-refractivity contribution in [1.82, 2.24) is 0 Å². The third-order valence-electron chi connectivity index (χ3n) is 3.54. The predicted molar refractivity (Wildman–Crippen MR) is 63.1 cm³/mol. The zero-order valence-electron chi connectivity index (χ0n) is 9.71. The van der Waals surface area contributed by atoms with E-state index in [9.17, 15) is 5.11 Å². The van der Waals surface area contributed by atoms with Gasteiger partial charge in [0.2, 0.25) is 0 Å². The SMILES string of the molecule is CCc1ccc(CC)c2c1CCC[C@@H]2O. The molecule has 0 saturated carbocycles. The Balaban J connectivity index is 2.56. The van der Waals surface area contributed by atoms with E-state index < -0.39 is 0 Å². The molecule has 0 unspecified atom stereocenters. The molecule has 0 bridgehead atoms. The van der Waals surface area contributed by atoms with Crippen LogP contribution < -0.4 is 0 Å². The van der Waals surface area contributed by atoms with E-state index in [1.807, 2.05) is 0 Å². The minimum Gasteiger partial charge on any atom is -0.388 e. The van der Waals surface area contributed by atoms with Gasteiger partial charge in [0.1, 0.15) is 0 Å². The van der Waals surface area contributed by atoms with Gasteiger partial charge in [-0.2, -0.15) is 0 Å². The second-order valence-electron chi connectivity index (χ2n) is 4.39. The summed E-state index contributed by atoms with van der Waals surface area (Å²) < 4.78 is 0. The van der Waals surface area contributed by atoms with Crippen molar-refractivity contribution in [3.63, 3.8) is 0 Å². The Morgan fingerprint density at radius 3 is 2.53 bits per heavy atom. The van der Waals surface area contributed by atoms with Crippen LogP contribution in [0.3, 0.4) is 0 Å². The van der Waals surface area contributed by atoms with E-state index in [0.717, 1.165) is 32.1 Å². The van der Waals surface area contributed by atoms with Crippen molar-refractivity contribution in [2.45, 2.75) is 52.1 Å². The average molecular weight is 204 g/mol. The van der Waals surface area contributed by atoms with Gasteiger partial charge in [-0.05, 0) is 54.4 Å². The quantitative estimate of drug-likeness (QED) is 0.784. The Hall–Kier alpha value is -0.820. The molecule has 1 aromatic carbocycles. The van der Waals surface area contributed by atoms with Crippen LogP contribution in [-0.4, -0.2) is 5.11 Å². The molecule has 1 aliphatic rings. The zero-order valence-corrected chi connectivity index (χ0v) is 9.71. The summed E-state index contributed by atoms with van der Waals surface area (Å²) in [5.74, 6) is 0. The van der Waals surface area contributed by atoms with Gasteiger partial charge < -0.3 is 5.11 Å². The average Bonchev–Trinajstić information content (AvgIpc) is 2.28. The van der Waals surface area contributed by atoms with Crippen LogP contribution in [-0.2, 0) is 19.3 Å². The van der Waals surface area contributed by atoms with Gasteiger partial charge in [0.25, 0.3) is 0 Å². The summed E-state index contributed by atoms with van der Waals surface area (Å²) in [4.78, 5) is 0. The molecule has 1 aliphatic carbocycles. The molecule has 0 heterocycles. The summed E-state index contributed by atoms with van der Waals surface area (Å²) in [6, 6.07) is 4.45. The molecule has 1 nitrogen and oxygen atoms in total. The number of hydrogen-bond acceptors (Lipinski definition) is 1. The van der Waals surface area contributed by atoms with Crippen molar-refractivity contribution in [1.29, 1.82) is 0 Å². The van der Waals surface area contributed by atoms with Crippen LogP contribution >= 0.6 is 0 Å². The first-order valence-corrected chi connectivity index (χ1v) is 6.09. The van der Waals surface area contributed by atoms with Crippen molar-refractivity contribution in [3.8, 4) is 0 Å². The number of aryl methyl sites for hydroxylation is 2. The number of fused-ring (bicyclic) bond motifs is 1. The minimum absolute atomic E-state index is 0.213. The number of rotatable bonds is 2. The fraction of sp³-hybridized carbons (Fsp3) is 0.571. The summed E-state index contributed by atoms with van der Waals surface area (Å²) in [5.41, 5.74) is 5.47. The summed E-state index contributed by atoms with van der Waals surface area (Å²) in [6.07, 6.45) is 5.13. The normalized spacial score (nSPS) is 20.1. The lowest BCUT2D eigenvalue weighted by atomic mass is 9.82. The molecule has 82 valence electrons. The van der Waals surface area contributed by atoms with E-state index in [2.05, 4.69) is 26.0 Å². The predicted octanol–water partition coefficient (Wildman–Crippen LogP) is 3.18. The van der Waals surface area contributed by atoms with Crippen LogP contribution in [0.25, 0.3) is 0 Å². The Bertz CT molecular complexity index is 355. The highest BCUT2D eigenvalue weighted by molar-refractivity contribution is 5.44. The first-order valence-electron chi connectivity index (χ1n) is 6.09. The van der Waals surface area contributed by atoms with Crippen LogP contribution in [0.15, 0.2) is 12.1 Å². The van der Waals surface area contributed by atoms with Crippen LogP contribution in [0.4, 0.5) is 0 Å². The van der Waals surface area contributed by atoms with E-state index in [1.54, 1.807) is 0 Å². The first kappa shape index (κ1) is 10.7. The summed E-state index contributed by atoms with van der Waals surface area (Å²) in [7, 11) is 0. The smallest absolute Gasteiger partial charge is 0.0795 e. The van der Waals surface area contributed by atoms with Gasteiger partial charge in [0.15, 0.2) is 0 Å². The molecule has 15 heavy (non-hydrogen) atoms. The van der Waals surface area contributed by atoms with E-state index >= 15 is 0 Å². The van der Waals surface area contributed by atoms with Gasteiger partial charge in [-0.15, -0.1) is 0 Å². The molecule has 1 N–H and O–H groups in total. The molecule has 0 fully saturated rings. The van der Waals surface area contributed by atoms with Crippen LogP contribution in [0, 0.1) is 0 Å². The molecular formula is C14H20O. The number of aliphatic hydroxyl groups is 1. The molecule has 1 atom stereocenters. The van der Waals surface area contributed by atoms with E-state index in [1.165, 1.54) is 22.3 Å². The highest BCUT2D eigenvalue weighted by atomic mass is 16.3. The Kier molecular flexibility index (Phi) is 3.11. The van der Waals surface area contributed by atoms with Gasteiger partial charge in [0, 0.05) is 0 Å². The molecular weight excluding hydrogens is 184 g/mol. The van der Waals surface area contributed by atoms with Gasteiger partial charge in [-0.3, -0.25) is 0 Å². The highest BCUT2D eigenvalue weighted by Crippen LogP contribution is 2.34. The molecule has 1 aromatic rings. The summed E-state index contributed by atoms with van der Waals surface area (Å²) in [5, 5.41) is 10.1. The molecule has 0 aliphatic heterocycles. The Morgan fingerprint density at radius 2 is 1.87 bits per heavy atom. The maximum Gasteiger partial charge on any atom is 0.0795 e. The van der Waals surface area contributed by atoms with Crippen LogP contribution in [0.1, 0.15) is 55.0 Å². The highest BCUT2D eigenvalue weighted by Gasteiger charge is 2.22. The van der Waals surface area contributed by atoms with Crippen molar-refractivity contribution < 1.29 is 5.11 Å². The van der Waals surface area contributed by atoms with Crippen molar-refractivity contribution in [2.75, 3.05) is 0 Å². The standard InChI is InChI=1S/C14H20O/c1-3-10-8-9-11(4-2)14-12(10)6-5-7-13(14)15/h8-9,13,15H,3-7H2,1-2H3/t13-/m0/s1. The van der Waals surface area contributed by atoms with Crippen LogP contribution in [0.2, 0.25) is 0 Å². The molecule has 0 radical (unpaired) electrons. The fourth-order valence-electron chi connectivity index (χ4n) is 2.72. The summed E-state index contributed by atoms with van der Waals surface area (Å²) in [6.45, 7) is 4.37. The molecule has 0 spiro atoms. The molecule has 0 aromatic heterocycles. The molecule has 1 heteroatoms. The van der Waals surface area contributed by atoms with Gasteiger partial charge in [-0.25, -0.2) is 0 Å². The zero-order chi connectivity index (χ0) is 10.8. The minimum atomic E-state index is -0.213. The van der Waals surface area contributed by atoms with E-state index in [4.69, 9.17) is 0 Å². The number of benzene rings is 1. The lowest BCUT2D eigenvalue weighted by Crippen LogP contribution is -2.14. The topological polar surface area (TPSA) is 20.2 Å². The van der Waals surface area contributed by atoms with Crippen LogP contribution in [0.5, 0.6) is 0 Å². The second-order valence-corrected chi connectivity index (χ2v) is 4.39. The molecule has 2 rings (SSSR count). The lowest BCUT2D eigenvalue weighted by Gasteiger charge is -2.26. The van der Waals surface area contributed by atoms with Crippen molar-refractivity contribution >= 4 is 0 Å². The van der Waals surface area contributed by atoms with Crippen molar-refractivity contribution in [2.24, 2.45) is 0 Å². The third-order valence-corrected chi connectivity index (χ3v) is 3.54. The monoisotopic (exact) mass is 204 g/mol. The first-order chi connectivity index (χ1) is 7.27. The summed E-state index contributed by atoms with van der Waals surface area (Å²) >= 11 is 0. The Labute approximate surface area is 92.1 Å². The van der Waals surface area contributed by atoms with E-state index in [0.29, 0.717) is 0 Å². The molecule has 0 saturated heterocycles. The van der Waals surface area contributed by atoms with Gasteiger partial charge in [0.05, 0.1) is 6.10 Å². The second kappa shape index (κ2) is 4.36. The largest absolute Gasteiger partial charge is 0.388 e.